The minimum absolute atomic E-state index is 0.191. The first-order valence-electron chi connectivity index (χ1n) is 6.38. The molecule has 20 heavy (non-hydrogen) atoms. The maximum absolute atomic E-state index is 11.3. The Bertz CT molecular complexity index is 714. The lowest BCUT2D eigenvalue weighted by molar-refractivity contribution is 0.00368. The zero-order valence-electron chi connectivity index (χ0n) is 10.3. The van der Waals surface area contributed by atoms with Gasteiger partial charge in [-0.25, -0.2) is 4.79 Å². The van der Waals surface area contributed by atoms with Crippen LogP contribution in [0.5, 0.6) is 0 Å². The van der Waals surface area contributed by atoms with Crippen molar-refractivity contribution in [3.05, 3.63) is 47.5 Å². The third-order valence-electron chi connectivity index (χ3n) is 3.99. The predicted molar refractivity (Wildman–Crippen MR) is 75.7 cm³/mol. The number of carbonyl (C=O) groups excluding carboxylic acids is 1. The van der Waals surface area contributed by atoms with Crippen molar-refractivity contribution < 1.29 is 19.4 Å². The molecule has 2 aromatic carbocycles. The van der Waals surface area contributed by atoms with Gasteiger partial charge in [0.2, 0.25) is 0 Å². The number of benzene rings is 2. The Morgan fingerprint density at radius 3 is 2.65 bits per heavy atom. The molecule has 1 aliphatic heterocycles. The number of carbonyl (C=O) groups is 1. The van der Waals surface area contributed by atoms with Crippen LogP contribution in [0.4, 0.5) is 4.79 Å². The van der Waals surface area contributed by atoms with Gasteiger partial charge >= 0.3 is 6.16 Å². The summed E-state index contributed by atoms with van der Waals surface area (Å²) < 4.78 is 10.3. The van der Waals surface area contributed by atoms with Gasteiger partial charge in [0, 0.05) is 0 Å². The maximum Gasteiger partial charge on any atom is 0.509 e. The third kappa shape index (κ3) is 1.53. The van der Waals surface area contributed by atoms with Gasteiger partial charge in [-0.1, -0.05) is 52.3 Å². The molecule has 0 bridgehead atoms. The molecule has 4 atom stereocenters. The molecule has 2 aromatic rings. The van der Waals surface area contributed by atoms with Gasteiger partial charge in [0.1, 0.15) is 6.10 Å². The molecule has 0 spiro atoms. The van der Waals surface area contributed by atoms with E-state index in [0.717, 1.165) is 21.9 Å². The highest BCUT2D eigenvalue weighted by molar-refractivity contribution is 9.09. The van der Waals surface area contributed by atoms with Gasteiger partial charge in [0.05, 0.1) is 4.83 Å². The van der Waals surface area contributed by atoms with E-state index in [9.17, 15) is 9.90 Å². The Morgan fingerprint density at radius 1 is 1.05 bits per heavy atom. The standard InChI is InChI=1S/C15H11BrO4/c16-11-10-8-4-2-1-3-7(8)5-6-9(10)12(17)14-13(11)19-15(18)20-14/h1-6,11-14,17H/t11-,12+,13+,14-/m1/s1. The normalized spacial score (nSPS) is 31.4. The van der Waals surface area contributed by atoms with Gasteiger partial charge in [-0.15, -0.1) is 0 Å². The largest absolute Gasteiger partial charge is 0.509 e. The SMILES string of the molecule is O=C1O[C@@H]2[C@H](O1)[C@@H](O)c1ccc3ccccc3c1[C@H]2Br. The zero-order valence-corrected chi connectivity index (χ0v) is 11.9. The summed E-state index contributed by atoms with van der Waals surface area (Å²) in [6.45, 7) is 0. The highest BCUT2D eigenvalue weighted by Crippen LogP contribution is 2.48. The smallest absolute Gasteiger partial charge is 0.425 e. The highest BCUT2D eigenvalue weighted by atomic mass is 79.9. The molecule has 4 rings (SSSR count). The molecule has 102 valence electrons. The molecule has 1 aliphatic carbocycles. The second-order valence-electron chi connectivity index (χ2n) is 5.05. The Morgan fingerprint density at radius 2 is 1.80 bits per heavy atom. The minimum Gasteiger partial charge on any atom is -0.425 e. The van der Waals surface area contributed by atoms with E-state index in [2.05, 4.69) is 15.9 Å². The fourth-order valence-electron chi connectivity index (χ4n) is 3.07. The third-order valence-corrected chi connectivity index (χ3v) is 4.97. The van der Waals surface area contributed by atoms with Crippen molar-refractivity contribution in [1.29, 1.82) is 0 Å². The number of hydrogen-bond donors (Lipinski definition) is 1. The minimum atomic E-state index is -0.861. The van der Waals surface area contributed by atoms with Gasteiger partial charge < -0.3 is 14.6 Å². The molecule has 0 saturated carbocycles. The Kier molecular flexibility index (Phi) is 2.56. The fourth-order valence-corrected chi connectivity index (χ4v) is 3.99. The van der Waals surface area contributed by atoms with Crippen molar-refractivity contribution in [3.63, 3.8) is 0 Å². The summed E-state index contributed by atoms with van der Waals surface area (Å²) in [5.41, 5.74) is 1.75. The monoisotopic (exact) mass is 334 g/mol. The lowest BCUT2D eigenvalue weighted by Gasteiger charge is -2.33. The summed E-state index contributed by atoms with van der Waals surface area (Å²) >= 11 is 3.60. The van der Waals surface area contributed by atoms with Crippen LogP contribution in [0.25, 0.3) is 10.8 Å². The lowest BCUT2D eigenvalue weighted by Crippen LogP contribution is -2.37. The van der Waals surface area contributed by atoms with Crippen molar-refractivity contribution in [2.45, 2.75) is 23.1 Å². The van der Waals surface area contributed by atoms with Crippen molar-refractivity contribution in [3.8, 4) is 0 Å². The van der Waals surface area contributed by atoms with Crippen LogP contribution in [0.3, 0.4) is 0 Å². The summed E-state index contributed by atoms with van der Waals surface area (Å²) in [7, 11) is 0. The lowest BCUT2D eigenvalue weighted by atomic mass is 9.82. The molecular weight excluding hydrogens is 324 g/mol. The number of hydrogen-bond acceptors (Lipinski definition) is 4. The first kappa shape index (κ1) is 12.2. The molecule has 1 fully saturated rings. The van der Waals surface area contributed by atoms with Crippen LogP contribution in [0.1, 0.15) is 22.1 Å². The summed E-state index contributed by atoms with van der Waals surface area (Å²) in [5.74, 6) is 0. The molecule has 1 heterocycles. The molecule has 4 nitrogen and oxygen atoms in total. The molecule has 0 radical (unpaired) electrons. The van der Waals surface area contributed by atoms with E-state index < -0.39 is 24.5 Å². The van der Waals surface area contributed by atoms with Crippen LogP contribution < -0.4 is 0 Å². The average molecular weight is 335 g/mol. The molecule has 0 unspecified atom stereocenters. The average Bonchev–Trinajstić information content (AvgIpc) is 2.86. The molecule has 0 aromatic heterocycles. The molecule has 1 saturated heterocycles. The second-order valence-corrected chi connectivity index (χ2v) is 6.04. The first-order chi connectivity index (χ1) is 9.66. The predicted octanol–water partition coefficient (Wildman–Crippen LogP) is 3.23. The number of fused-ring (bicyclic) bond motifs is 4. The van der Waals surface area contributed by atoms with Gasteiger partial charge in [-0.3, -0.25) is 0 Å². The van der Waals surface area contributed by atoms with Crippen molar-refractivity contribution in [2.75, 3.05) is 0 Å². The van der Waals surface area contributed by atoms with Crippen LogP contribution in [-0.4, -0.2) is 23.5 Å². The topological polar surface area (TPSA) is 55.8 Å². The summed E-state index contributed by atoms with van der Waals surface area (Å²) in [5, 5.41) is 12.6. The van der Waals surface area contributed by atoms with Crippen LogP contribution in [-0.2, 0) is 9.47 Å². The summed E-state index contributed by atoms with van der Waals surface area (Å²) in [4.78, 5) is 11.1. The van der Waals surface area contributed by atoms with Crippen molar-refractivity contribution in [1.82, 2.24) is 0 Å². The number of aliphatic hydroxyl groups excluding tert-OH is 1. The molecule has 5 heteroatoms. The summed E-state index contributed by atoms with van der Waals surface area (Å²) in [6, 6.07) is 11.8. The molecule has 1 N–H and O–H groups in total. The Hall–Kier alpha value is -1.59. The number of halogens is 1. The van der Waals surface area contributed by atoms with Crippen LogP contribution in [0.15, 0.2) is 36.4 Å². The van der Waals surface area contributed by atoms with E-state index in [1.54, 1.807) is 0 Å². The second kappa shape index (κ2) is 4.20. The number of alkyl halides is 1. The van der Waals surface area contributed by atoms with E-state index in [1.807, 2.05) is 36.4 Å². The highest BCUT2D eigenvalue weighted by Gasteiger charge is 2.51. The number of ether oxygens (including phenoxy) is 2. The summed E-state index contributed by atoms with van der Waals surface area (Å²) in [6.07, 6.45) is -2.74. The Labute approximate surface area is 123 Å². The van der Waals surface area contributed by atoms with E-state index in [1.165, 1.54) is 0 Å². The van der Waals surface area contributed by atoms with E-state index >= 15 is 0 Å². The van der Waals surface area contributed by atoms with Crippen molar-refractivity contribution >= 4 is 32.9 Å². The quantitative estimate of drug-likeness (QED) is 0.593. The van der Waals surface area contributed by atoms with E-state index in [-0.39, 0.29) is 4.83 Å². The van der Waals surface area contributed by atoms with Crippen LogP contribution in [0.2, 0.25) is 0 Å². The number of aliphatic hydroxyl groups is 1. The number of rotatable bonds is 0. The zero-order chi connectivity index (χ0) is 13.9. The van der Waals surface area contributed by atoms with Crippen molar-refractivity contribution in [2.24, 2.45) is 0 Å². The van der Waals surface area contributed by atoms with Gasteiger partial charge in [0.25, 0.3) is 0 Å². The first-order valence-corrected chi connectivity index (χ1v) is 7.29. The van der Waals surface area contributed by atoms with Gasteiger partial charge in [0.15, 0.2) is 12.2 Å². The molecular formula is C15H11BrO4. The fraction of sp³-hybridized carbons (Fsp3) is 0.267. The van der Waals surface area contributed by atoms with Crippen LogP contribution in [0, 0.1) is 0 Å². The van der Waals surface area contributed by atoms with E-state index in [0.29, 0.717) is 0 Å². The maximum atomic E-state index is 11.3. The molecule has 0 amide bonds. The van der Waals surface area contributed by atoms with Gasteiger partial charge in [-0.05, 0) is 21.9 Å². The van der Waals surface area contributed by atoms with E-state index in [4.69, 9.17) is 9.47 Å². The Balaban J connectivity index is 1.97. The van der Waals surface area contributed by atoms with Crippen LogP contribution >= 0.6 is 15.9 Å². The van der Waals surface area contributed by atoms with Gasteiger partial charge in [-0.2, -0.15) is 0 Å². The molecule has 2 aliphatic rings.